The molecule has 3 unspecified atom stereocenters. The second-order valence-electron chi connectivity index (χ2n) is 8.30. The Balaban J connectivity index is 1.56. The Bertz CT molecular complexity index is 1360. The Kier molecular flexibility index (Phi) is 5.97. The first-order valence-electron chi connectivity index (χ1n) is 11.2. The van der Waals surface area contributed by atoms with Gasteiger partial charge in [-0.1, -0.05) is 35.2 Å². The lowest BCUT2D eigenvalue weighted by Crippen LogP contribution is -2.32. The summed E-state index contributed by atoms with van der Waals surface area (Å²) in [6, 6.07) is 13.3. The minimum atomic E-state index is -0.706. The maximum atomic E-state index is 13.7. The first kappa shape index (κ1) is 23.3. The number of carbonyl (C=O) groups excluding carboxylic acids is 2. The van der Waals surface area contributed by atoms with Gasteiger partial charge < -0.3 is 9.88 Å². The van der Waals surface area contributed by atoms with E-state index in [1.807, 2.05) is 24.3 Å². The molecule has 11 heteroatoms. The number of aromatic nitrogens is 1. The zero-order valence-electron chi connectivity index (χ0n) is 19.0. The number of nitrogens with one attached hydrogen (secondary N) is 1. The SMILES string of the molecule is CCN(CC)c1ccc(C2c3sc(=O)[nH]c3SC3C(=O)N(c4ccc([N+](=O)[O-])cc4)C(=O)C32)cc1. The predicted molar refractivity (Wildman–Crippen MR) is 136 cm³/mol. The minimum absolute atomic E-state index is 0.120. The average Bonchev–Trinajstić information content (AvgIpc) is 3.35. The van der Waals surface area contributed by atoms with Gasteiger partial charge in [-0.15, -0.1) is 0 Å². The number of H-pyrrole nitrogens is 1. The van der Waals surface area contributed by atoms with Crippen LogP contribution in [0.2, 0.25) is 0 Å². The highest BCUT2D eigenvalue weighted by atomic mass is 32.2. The van der Waals surface area contributed by atoms with Crippen LogP contribution >= 0.6 is 23.1 Å². The molecular weight excluding hydrogens is 488 g/mol. The van der Waals surface area contributed by atoms with E-state index in [-0.39, 0.29) is 22.4 Å². The van der Waals surface area contributed by atoms with Crippen LogP contribution in [0.4, 0.5) is 17.1 Å². The quantitative estimate of drug-likeness (QED) is 0.303. The number of thiazole rings is 1. The second kappa shape index (κ2) is 8.97. The zero-order valence-corrected chi connectivity index (χ0v) is 20.6. The maximum absolute atomic E-state index is 13.7. The molecule has 1 fully saturated rings. The molecule has 9 nitrogen and oxygen atoms in total. The van der Waals surface area contributed by atoms with Crippen molar-refractivity contribution in [3.05, 3.63) is 78.8 Å². The molecule has 0 saturated carbocycles. The number of fused-ring (bicyclic) bond motifs is 2. The van der Waals surface area contributed by atoms with Crippen LogP contribution in [0.25, 0.3) is 0 Å². The molecule has 0 aliphatic carbocycles. The Morgan fingerprint density at radius 2 is 1.66 bits per heavy atom. The van der Waals surface area contributed by atoms with Gasteiger partial charge in [0.25, 0.3) is 5.69 Å². The molecule has 3 atom stereocenters. The van der Waals surface area contributed by atoms with Gasteiger partial charge >= 0.3 is 4.87 Å². The van der Waals surface area contributed by atoms with Crippen molar-refractivity contribution in [2.75, 3.05) is 22.9 Å². The third-order valence-electron chi connectivity index (χ3n) is 6.52. The number of nitrogens with zero attached hydrogens (tertiary/aromatic N) is 3. The fourth-order valence-corrected chi connectivity index (χ4v) is 7.35. The lowest BCUT2D eigenvalue weighted by Gasteiger charge is -2.30. The van der Waals surface area contributed by atoms with E-state index in [4.69, 9.17) is 0 Å². The highest BCUT2D eigenvalue weighted by Crippen LogP contribution is 2.53. The minimum Gasteiger partial charge on any atom is -0.372 e. The molecule has 0 radical (unpaired) electrons. The van der Waals surface area contributed by atoms with Crippen molar-refractivity contribution in [2.24, 2.45) is 5.92 Å². The third kappa shape index (κ3) is 3.84. The lowest BCUT2D eigenvalue weighted by molar-refractivity contribution is -0.384. The first-order chi connectivity index (χ1) is 16.8. The normalized spacial score (nSPS) is 21.1. The van der Waals surface area contributed by atoms with Gasteiger partial charge in [0.15, 0.2) is 0 Å². The van der Waals surface area contributed by atoms with Crippen LogP contribution in [-0.2, 0) is 9.59 Å². The predicted octanol–water partition coefficient (Wildman–Crippen LogP) is 3.99. The summed E-state index contributed by atoms with van der Waals surface area (Å²) in [4.78, 5) is 56.5. The van der Waals surface area contributed by atoms with E-state index in [2.05, 4.69) is 23.7 Å². The molecule has 3 aromatic rings. The number of imide groups is 1. The first-order valence-corrected chi connectivity index (χ1v) is 12.9. The Labute approximate surface area is 208 Å². The van der Waals surface area contributed by atoms with Gasteiger partial charge in [-0.2, -0.15) is 0 Å². The number of hydrogen-bond donors (Lipinski definition) is 1. The van der Waals surface area contributed by atoms with Crippen LogP contribution in [0.5, 0.6) is 0 Å². The Morgan fingerprint density at radius 1 is 1.00 bits per heavy atom. The molecule has 3 heterocycles. The number of nitro groups is 1. The number of rotatable bonds is 6. The molecule has 0 spiro atoms. The van der Waals surface area contributed by atoms with Crippen molar-refractivity contribution in [2.45, 2.75) is 30.0 Å². The fraction of sp³-hybridized carbons (Fsp3) is 0.292. The van der Waals surface area contributed by atoms with Crippen molar-refractivity contribution in [1.29, 1.82) is 0 Å². The smallest absolute Gasteiger partial charge is 0.305 e. The monoisotopic (exact) mass is 510 g/mol. The largest absolute Gasteiger partial charge is 0.372 e. The summed E-state index contributed by atoms with van der Waals surface area (Å²) in [6.45, 7) is 5.89. The van der Waals surface area contributed by atoms with E-state index in [1.54, 1.807) is 0 Å². The van der Waals surface area contributed by atoms with E-state index < -0.39 is 22.0 Å². The molecule has 1 saturated heterocycles. The molecule has 2 aromatic carbocycles. The van der Waals surface area contributed by atoms with Crippen molar-refractivity contribution >= 4 is 52.0 Å². The topological polar surface area (TPSA) is 117 Å². The van der Waals surface area contributed by atoms with Gasteiger partial charge in [0, 0.05) is 41.7 Å². The van der Waals surface area contributed by atoms with Gasteiger partial charge in [-0.05, 0) is 43.7 Å². The van der Waals surface area contributed by atoms with Crippen molar-refractivity contribution in [3.63, 3.8) is 0 Å². The highest BCUT2D eigenvalue weighted by Gasteiger charge is 2.56. The van der Waals surface area contributed by atoms with Gasteiger partial charge in [-0.25, -0.2) is 4.90 Å². The summed E-state index contributed by atoms with van der Waals surface area (Å²) in [5, 5.41) is 10.9. The Hall–Kier alpha value is -3.44. The molecule has 2 amide bonds. The lowest BCUT2D eigenvalue weighted by atomic mass is 9.83. The number of benzene rings is 2. The van der Waals surface area contributed by atoms with E-state index in [1.165, 1.54) is 36.0 Å². The molecular formula is C24H22N4O5S2. The standard InChI is InChI=1S/C24H22N4O5S2/c1-3-26(4-2)14-7-5-13(6-8-14)17-18-20(34-21-19(17)35-24(31)25-21)23(30)27(22(18)29)15-9-11-16(12-10-15)28(32)33/h5-12,17-18,20H,3-4H2,1-2H3,(H,25,31). The van der Waals surface area contributed by atoms with Crippen LogP contribution < -0.4 is 14.7 Å². The van der Waals surface area contributed by atoms with Gasteiger partial charge in [0.05, 0.1) is 21.6 Å². The van der Waals surface area contributed by atoms with Crippen LogP contribution in [0.1, 0.15) is 30.2 Å². The molecule has 1 aromatic heterocycles. The summed E-state index contributed by atoms with van der Waals surface area (Å²) in [5.74, 6) is -1.90. The number of aromatic amines is 1. The summed E-state index contributed by atoms with van der Waals surface area (Å²) < 4.78 is 0. The number of non-ortho nitro benzene ring substituents is 1. The van der Waals surface area contributed by atoms with Gasteiger partial charge in [0.1, 0.15) is 5.25 Å². The number of thioether (sulfide) groups is 1. The maximum Gasteiger partial charge on any atom is 0.305 e. The van der Waals surface area contributed by atoms with Crippen LogP contribution in [0.3, 0.4) is 0 Å². The fourth-order valence-electron chi connectivity index (χ4n) is 4.84. The van der Waals surface area contributed by atoms with Crippen molar-refractivity contribution in [1.82, 2.24) is 4.98 Å². The van der Waals surface area contributed by atoms with E-state index in [9.17, 15) is 24.5 Å². The van der Waals surface area contributed by atoms with E-state index in [0.717, 1.165) is 45.5 Å². The zero-order chi connectivity index (χ0) is 24.9. The number of carbonyl (C=O) groups is 2. The van der Waals surface area contributed by atoms with E-state index in [0.29, 0.717) is 10.7 Å². The van der Waals surface area contributed by atoms with Crippen LogP contribution in [0.15, 0.2) is 58.4 Å². The Morgan fingerprint density at radius 3 is 2.26 bits per heavy atom. The number of anilines is 2. The third-order valence-corrected chi connectivity index (χ3v) is 8.92. The van der Waals surface area contributed by atoms with Crippen molar-refractivity contribution in [3.8, 4) is 0 Å². The van der Waals surface area contributed by atoms with Gasteiger partial charge in [0.2, 0.25) is 11.8 Å². The summed E-state index contributed by atoms with van der Waals surface area (Å²) in [7, 11) is 0. The number of amides is 2. The number of hydrogen-bond acceptors (Lipinski definition) is 8. The van der Waals surface area contributed by atoms with Crippen LogP contribution in [-0.4, -0.2) is 40.1 Å². The molecule has 180 valence electrons. The highest BCUT2D eigenvalue weighted by molar-refractivity contribution is 8.00. The van der Waals surface area contributed by atoms with E-state index >= 15 is 0 Å². The van der Waals surface area contributed by atoms with Crippen LogP contribution in [0, 0.1) is 16.0 Å². The molecule has 35 heavy (non-hydrogen) atoms. The molecule has 0 bridgehead atoms. The number of nitro benzene ring substituents is 1. The summed E-state index contributed by atoms with van der Waals surface area (Å²) in [6.07, 6.45) is 0. The molecule has 2 aliphatic heterocycles. The molecule has 5 rings (SSSR count). The van der Waals surface area contributed by atoms with Crippen molar-refractivity contribution < 1.29 is 14.5 Å². The second-order valence-corrected chi connectivity index (χ2v) is 10.5. The molecule has 2 aliphatic rings. The summed E-state index contributed by atoms with van der Waals surface area (Å²) in [5.41, 5.74) is 2.10. The van der Waals surface area contributed by atoms with Gasteiger partial charge in [-0.3, -0.25) is 24.5 Å². The summed E-state index contributed by atoms with van der Waals surface area (Å²) >= 11 is 2.27. The molecule has 1 N–H and O–H groups in total. The average molecular weight is 511 g/mol.